The first-order chi connectivity index (χ1) is 20.3. The quantitative estimate of drug-likeness (QED) is 0.231. The van der Waals surface area contributed by atoms with Gasteiger partial charge in [0.1, 0.15) is 0 Å². The molecule has 192 valence electrons. The lowest BCUT2D eigenvalue weighted by atomic mass is 9.96. The third kappa shape index (κ3) is 3.88. The maximum atomic E-state index is 4.89. The van der Waals surface area contributed by atoms with E-state index in [1.54, 1.807) is 0 Å². The molecule has 0 atom stereocenters. The van der Waals surface area contributed by atoms with Crippen LogP contribution in [0.15, 0.2) is 146 Å². The Labute approximate surface area is 238 Å². The molecule has 0 amide bonds. The first kappa shape index (κ1) is 23.3. The Hall–Kier alpha value is -5.61. The van der Waals surface area contributed by atoms with Crippen LogP contribution >= 0.6 is 0 Å². The van der Waals surface area contributed by atoms with Crippen molar-refractivity contribution in [2.45, 2.75) is 0 Å². The summed E-state index contributed by atoms with van der Waals surface area (Å²) in [7, 11) is 0. The summed E-state index contributed by atoms with van der Waals surface area (Å²) < 4.78 is 0. The van der Waals surface area contributed by atoms with E-state index in [1.807, 2.05) is 42.9 Å². The van der Waals surface area contributed by atoms with Gasteiger partial charge in [-0.25, -0.2) is 0 Å². The van der Waals surface area contributed by atoms with Gasteiger partial charge in [0.05, 0.1) is 28.5 Å². The van der Waals surface area contributed by atoms with E-state index >= 15 is 0 Å². The molecule has 4 nitrogen and oxygen atoms in total. The molecule has 7 aromatic rings. The minimum atomic E-state index is 0.941. The van der Waals surface area contributed by atoms with Crippen molar-refractivity contribution < 1.29 is 0 Å². The Morgan fingerprint density at radius 2 is 1.27 bits per heavy atom. The Kier molecular flexibility index (Phi) is 5.42. The zero-order chi connectivity index (χ0) is 27.2. The lowest BCUT2D eigenvalue weighted by Gasteiger charge is -2.28. The predicted molar refractivity (Wildman–Crippen MR) is 167 cm³/mol. The molecule has 3 aromatic heterocycles. The first-order valence-corrected chi connectivity index (χ1v) is 13.7. The Balaban J connectivity index is 1.42. The van der Waals surface area contributed by atoms with E-state index < -0.39 is 0 Å². The maximum absolute atomic E-state index is 4.89. The monoisotopic (exact) mass is 524 g/mol. The maximum Gasteiger partial charge on any atom is 0.0802 e. The molecular weight excluding hydrogens is 500 g/mol. The van der Waals surface area contributed by atoms with Gasteiger partial charge in [0.15, 0.2) is 0 Å². The van der Waals surface area contributed by atoms with Crippen LogP contribution in [0.1, 0.15) is 0 Å². The molecule has 4 aromatic carbocycles. The number of para-hydroxylation sites is 1. The van der Waals surface area contributed by atoms with Crippen molar-refractivity contribution >= 4 is 27.8 Å². The molecule has 0 aliphatic carbocycles. The second-order valence-corrected chi connectivity index (χ2v) is 10.1. The molecule has 41 heavy (non-hydrogen) atoms. The number of benzene rings is 4. The Morgan fingerprint density at radius 1 is 0.439 bits per heavy atom. The Bertz CT molecular complexity index is 2060. The van der Waals surface area contributed by atoms with Crippen molar-refractivity contribution in [2.75, 3.05) is 4.90 Å². The minimum absolute atomic E-state index is 0.941. The predicted octanol–water partition coefficient (Wildman–Crippen LogP) is 9.48. The van der Waals surface area contributed by atoms with Gasteiger partial charge < -0.3 is 4.90 Å². The number of nitrogens with zero attached hydrogens (tertiary/aromatic N) is 4. The number of hydrogen-bond donors (Lipinski definition) is 0. The molecule has 1 aliphatic rings. The fraction of sp³-hybridized carbons (Fsp3) is 0. The van der Waals surface area contributed by atoms with Gasteiger partial charge in [-0.05, 0) is 53.9 Å². The van der Waals surface area contributed by atoms with Gasteiger partial charge in [-0.3, -0.25) is 15.0 Å². The number of rotatable bonds is 3. The van der Waals surface area contributed by atoms with Crippen LogP contribution in [0.3, 0.4) is 0 Å². The van der Waals surface area contributed by atoms with Gasteiger partial charge in [0.2, 0.25) is 0 Å². The van der Waals surface area contributed by atoms with Crippen molar-refractivity contribution in [3.8, 4) is 44.9 Å². The summed E-state index contributed by atoms with van der Waals surface area (Å²) >= 11 is 0. The summed E-state index contributed by atoms with van der Waals surface area (Å²) in [5, 5.41) is 2.31. The van der Waals surface area contributed by atoms with E-state index in [1.165, 1.54) is 5.39 Å². The molecule has 0 radical (unpaired) electrons. The second-order valence-electron chi connectivity index (χ2n) is 10.1. The average Bonchev–Trinajstić information content (AvgIpc) is 3.17. The fourth-order valence-electron chi connectivity index (χ4n) is 5.89. The van der Waals surface area contributed by atoms with E-state index in [0.717, 1.165) is 67.3 Å². The normalized spacial score (nSPS) is 11.9. The minimum Gasteiger partial charge on any atom is -0.309 e. The molecule has 0 unspecified atom stereocenters. The van der Waals surface area contributed by atoms with Crippen LogP contribution in [0, 0.1) is 0 Å². The number of pyridine rings is 3. The highest BCUT2D eigenvalue weighted by molar-refractivity contribution is 6.03. The van der Waals surface area contributed by atoms with Crippen molar-refractivity contribution in [2.24, 2.45) is 0 Å². The molecule has 0 spiro atoms. The molecule has 0 saturated heterocycles. The molecule has 8 rings (SSSR count). The van der Waals surface area contributed by atoms with Gasteiger partial charge in [-0.2, -0.15) is 0 Å². The summed E-state index contributed by atoms with van der Waals surface area (Å²) in [5.41, 5.74) is 11.5. The van der Waals surface area contributed by atoms with Crippen LogP contribution in [0.25, 0.3) is 55.7 Å². The lowest BCUT2D eigenvalue weighted by Crippen LogP contribution is -2.11. The number of fused-ring (bicyclic) bond motifs is 6. The standard InChI is InChI=1S/C37H24N4/c1-2-12-29-25(9-1)19-22-40-36(29)27-17-18-30-31-14-8-21-39-37(31)32-13-3-4-16-34(32)41(35(30)24-27)28-11-7-10-26(23-28)33-15-5-6-20-38-33/h1-24H. The third-order valence-electron chi connectivity index (χ3n) is 7.75. The molecule has 0 fully saturated rings. The SMILES string of the molecule is c1ccc(-c2cccc(N3c4cc(-c5nccc6ccccc56)ccc4-c4cccnc4-c4ccccc43)c2)nc1. The zero-order valence-corrected chi connectivity index (χ0v) is 22.1. The van der Waals surface area contributed by atoms with Gasteiger partial charge in [0, 0.05) is 57.5 Å². The van der Waals surface area contributed by atoms with Crippen molar-refractivity contribution in [3.63, 3.8) is 0 Å². The van der Waals surface area contributed by atoms with E-state index in [9.17, 15) is 0 Å². The first-order valence-electron chi connectivity index (χ1n) is 13.7. The number of aromatic nitrogens is 3. The highest BCUT2D eigenvalue weighted by atomic mass is 15.2. The van der Waals surface area contributed by atoms with E-state index in [-0.39, 0.29) is 0 Å². The zero-order valence-electron chi connectivity index (χ0n) is 22.1. The van der Waals surface area contributed by atoms with Crippen molar-refractivity contribution in [1.82, 2.24) is 15.0 Å². The summed E-state index contributed by atoms with van der Waals surface area (Å²) in [6.45, 7) is 0. The van der Waals surface area contributed by atoms with E-state index in [4.69, 9.17) is 9.97 Å². The summed E-state index contributed by atoms with van der Waals surface area (Å²) in [6.07, 6.45) is 5.61. The number of anilines is 3. The molecule has 0 N–H and O–H groups in total. The van der Waals surface area contributed by atoms with Crippen LogP contribution in [-0.2, 0) is 0 Å². The van der Waals surface area contributed by atoms with Crippen LogP contribution in [0.4, 0.5) is 17.1 Å². The third-order valence-corrected chi connectivity index (χ3v) is 7.75. The van der Waals surface area contributed by atoms with Gasteiger partial charge in [-0.1, -0.05) is 78.9 Å². The topological polar surface area (TPSA) is 41.9 Å². The number of hydrogen-bond acceptors (Lipinski definition) is 4. The van der Waals surface area contributed by atoms with Crippen LogP contribution < -0.4 is 4.90 Å². The van der Waals surface area contributed by atoms with E-state index in [0.29, 0.717) is 0 Å². The highest BCUT2D eigenvalue weighted by Gasteiger charge is 2.27. The van der Waals surface area contributed by atoms with Crippen LogP contribution in [0.2, 0.25) is 0 Å². The average molecular weight is 525 g/mol. The fourth-order valence-corrected chi connectivity index (χ4v) is 5.89. The summed E-state index contributed by atoms with van der Waals surface area (Å²) in [6, 6.07) is 44.5. The molecule has 0 saturated carbocycles. The summed E-state index contributed by atoms with van der Waals surface area (Å²) in [5.74, 6) is 0. The van der Waals surface area contributed by atoms with Gasteiger partial charge in [0.25, 0.3) is 0 Å². The summed E-state index contributed by atoms with van der Waals surface area (Å²) in [4.78, 5) is 16.7. The lowest BCUT2D eigenvalue weighted by molar-refractivity contribution is 1.27. The smallest absolute Gasteiger partial charge is 0.0802 e. The van der Waals surface area contributed by atoms with Crippen LogP contribution in [0.5, 0.6) is 0 Å². The Morgan fingerprint density at radius 3 is 2.22 bits per heavy atom. The van der Waals surface area contributed by atoms with Gasteiger partial charge in [-0.15, -0.1) is 0 Å². The largest absolute Gasteiger partial charge is 0.309 e. The van der Waals surface area contributed by atoms with Crippen molar-refractivity contribution in [1.29, 1.82) is 0 Å². The molecule has 0 bridgehead atoms. The highest BCUT2D eigenvalue weighted by Crippen LogP contribution is 2.51. The molecular formula is C37H24N4. The van der Waals surface area contributed by atoms with Crippen LogP contribution in [-0.4, -0.2) is 15.0 Å². The van der Waals surface area contributed by atoms with Gasteiger partial charge >= 0.3 is 0 Å². The van der Waals surface area contributed by atoms with E-state index in [2.05, 4.69) is 113 Å². The molecule has 4 heterocycles. The molecule has 1 aliphatic heterocycles. The van der Waals surface area contributed by atoms with Crippen molar-refractivity contribution in [3.05, 3.63) is 146 Å². The second kappa shape index (κ2) is 9.54. The molecule has 4 heteroatoms.